The Hall–Kier alpha value is -1.69. The predicted molar refractivity (Wildman–Crippen MR) is 92.6 cm³/mol. The Bertz CT molecular complexity index is 653. The van der Waals surface area contributed by atoms with Gasteiger partial charge in [-0.1, -0.05) is 29.8 Å². The highest BCUT2D eigenvalue weighted by molar-refractivity contribution is 9.10. The van der Waals surface area contributed by atoms with Gasteiger partial charge in [-0.2, -0.15) is 5.10 Å². The summed E-state index contributed by atoms with van der Waals surface area (Å²) in [5.74, 6) is 0.451. The molecule has 0 heterocycles. The molecule has 124 valence electrons. The molecule has 1 amide bonds. The molecule has 1 aliphatic rings. The van der Waals surface area contributed by atoms with Crippen LogP contribution in [0.25, 0.3) is 0 Å². The summed E-state index contributed by atoms with van der Waals surface area (Å²) >= 11 is 3.41. The van der Waals surface area contributed by atoms with Crippen molar-refractivity contribution in [2.45, 2.75) is 40.0 Å². The van der Waals surface area contributed by atoms with Crippen molar-refractivity contribution in [2.24, 2.45) is 10.5 Å². The smallest absolute Gasteiger partial charge is 0.277 e. The molecule has 23 heavy (non-hydrogen) atoms. The number of halogens is 1. The zero-order chi connectivity index (χ0) is 17.0. The molecule has 0 radical (unpaired) electrons. The average Bonchev–Trinajstić information content (AvgIpc) is 2.44. The number of hydrazone groups is 1. The Morgan fingerprint density at radius 1 is 1.39 bits per heavy atom. The van der Waals surface area contributed by atoms with Gasteiger partial charge < -0.3 is 4.74 Å². The van der Waals surface area contributed by atoms with Crippen LogP contribution in [0.2, 0.25) is 0 Å². The van der Waals surface area contributed by atoms with Crippen LogP contribution in [-0.4, -0.2) is 24.0 Å². The first kappa shape index (κ1) is 17.7. The van der Waals surface area contributed by atoms with Gasteiger partial charge in [-0.3, -0.25) is 9.59 Å². The molecule has 2 rings (SSSR count). The zero-order valence-corrected chi connectivity index (χ0v) is 15.2. The molecule has 0 unspecified atom stereocenters. The summed E-state index contributed by atoms with van der Waals surface area (Å²) < 4.78 is 6.43. The Balaban J connectivity index is 1.86. The lowest BCUT2D eigenvalue weighted by molar-refractivity contribution is -0.123. The highest BCUT2D eigenvalue weighted by Crippen LogP contribution is 2.31. The van der Waals surface area contributed by atoms with Crippen molar-refractivity contribution in [3.63, 3.8) is 0 Å². The van der Waals surface area contributed by atoms with E-state index in [1.54, 1.807) is 6.07 Å². The SMILES string of the molecule is Cc1cc(OCC(=O)N/N=C2/CC(=O)CC(C)(C)C2)ccc1Br. The van der Waals surface area contributed by atoms with Crippen molar-refractivity contribution in [1.82, 2.24) is 5.43 Å². The molecular weight excluding hydrogens is 360 g/mol. The minimum Gasteiger partial charge on any atom is -0.484 e. The topological polar surface area (TPSA) is 67.8 Å². The van der Waals surface area contributed by atoms with Crippen molar-refractivity contribution < 1.29 is 14.3 Å². The van der Waals surface area contributed by atoms with E-state index in [9.17, 15) is 9.59 Å². The van der Waals surface area contributed by atoms with E-state index in [4.69, 9.17) is 4.74 Å². The van der Waals surface area contributed by atoms with Crippen LogP contribution in [0.4, 0.5) is 0 Å². The van der Waals surface area contributed by atoms with E-state index in [2.05, 4.69) is 26.5 Å². The summed E-state index contributed by atoms with van der Waals surface area (Å²) in [5, 5.41) is 4.08. The number of Topliss-reactive ketones (excluding diaryl/α,β-unsaturated/α-hetero) is 1. The number of nitrogens with zero attached hydrogens (tertiary/aromatic N) is 1. The Morgan fingerprint density at radius 2 is 2.13 bits per heavy atom. The number of carbonyl (C=O) groups is 2. The van der Waals surface area contributed by atoms with Gasteiger partial charge in [0.05, 0.1) is 0 Å². The van der Waals surface area contributed by atoms with Crippen LogP contribution in [0.3, 0.4) is 0 Å². The Labute approximate surface area is 144 Å². The number of amides is 1. The standard InChI is InChI=1S/C17H21BrN2O3/c1-11-6-14(4-5-15(11)18)23-10-16(22)20-19-12-7-13(21)9-17(2,3)8-12/h4-6H,7-10H2,1-3H3,(H,20,22)/b19-12-. The van der Waals surface area contributed by atoms with E-state index in [0.29, 0.717) is 25.0 Å². The summed E-state index contributed by atoms with van der Waals surface area (Å²) in [5.41, 5.74) is 4.13. The van der Waals surface area contributed by atoms with Crippen molar-refractivity contribution in [3.05, 3.63) is 28.2 Å². The third kappa shape index (κ3) is 5.46. The first-order chi connectivity index (χ1) is 10.7. The number of benzene rings is 1. The van der Waals surface area contributed by atoms with E-state index >= 15 is 0 Å². The molecule has 1 aromatic carbocycles. The van der Waals surface area contributed by atoms with Crippen LogP contribution in [0.5, 0.6) is 5.75 Å². The Kier molecular flexibility index (Phi) is 5.57. The van der Waals surface area contributed by atoms with Gasteiger partial charge in [0.2, 0.25) is 0 Å². The van der Waals surface area contributed by atoms with Crippen LogP contribution < -0.4 is 10.2 Å². The third-order valence-electron chi connectivity index (χ3n) is 3.60. The Morgan fingerprint density at radius 3 is 2.78 bits per heavy atom. The average molecular weight is 381 g/mol. The van der Waals surface area contributed by atoms with Gasteiger partial charge in [-0.25, -0.2) is 5.43 Å². The fraction of sp³-hybridized carbons (Fsp3) is 0.471. The highest BCUT2D eigenvalue weighted by Gasteiger charge is 2.30. The fourth-order valence-electron chi connectivity index (χ4n) is 2.61. The van der Waals surface area contributed by atoms with E-state index in [-0.39, 0.29) is 23.7 Å². The minimum absolute atomic E-state index is 0.0929. The second kappa shape index (κ2) is 7.25. The summed E-state index contributed by atoms with van der Waals surface area (Å²) in [4.78, 5) is 23.5. The first-order valence-electron chi connectivity index (χ1n) is 7.50. The van der Waals surface area contributed by atoms with Crippen LogP contribution in [0.1, 0.15) is 38.7 Å². The highest BCUT2D eigenvalue weighted by atomic mass is 79.9. The third-order valence-corrected chi connectivity index (χ3v) is 4.49. The first-order valence-corrected chi connectivity index (χ1v) is 8.29. The number of carbonyl (C=O) groups excluding carboxylic acids is 2. The quantitative estimate of drug-likeness (QED) is 0.813. The van der Waals surface area contributed by atoms with Crippen molar-refractivity contribution >= 4 is 33.3 Å². The second-order valence-electron chi connectivity index (χ2n) is 6.65. The van der Waals surface area contributed by atoms with Crippen LogP contribution in [0, 0.1) is 12.3 Å². The predicted octanol–water partition coefficient (Wildman–Crippen LogP) is 3.39. The molecule has 0 aromatic heterocycles. The molecule has 6 heteroatoms. The number of ether oxygens (including phenoxy) is 1. The van der Waals surface area contributed by atoms with E-state index in [1.165, 1.54) is 0 Å². The molecule has 1 aromatic rings. The molecule has 0 atom stereocenters. The fourth-order valence-corrected chi connectivity index (χ4v) is 2.86. The van der Waals surface area contributed by atoms with E-state index in [0.717, 1.165) is 15.7 Å². The number of rotatable bonds is 4. The van der Waals surface area contributed by atoms with Gasteiger partial charge in [0.25, 0.3) is 5.91 Å². The van der Waals surface area contributed by atoms with Crippen molar-refractivity contribution in [3.8, 4) is 5.75 Å². The van der Waals surface area contributed by atoms with E-state index < -0.39 is 0 Å². The number of ketones is 1. The lowest BCUT2D eigenvalue weighted by atomic mass is 9.76. The number of nitrogens with one attached hydrogen (secondary N) is 1. The molecule has 5 nitrogen and oxygen atoms in total. The summed E-state index contributed by atoms with van der Waals surface area (Å²) in [6.07, 6.45) is 1.59. The molecule has 1 aliphatic carbocycles. The summed E-state index contributed by atoms with van der Waals surface area (Å²) in [7, 11) is 0. The maximum atomic E-state index is 11.8. The minimum atomic E-state index is -0.339. The normalized spacial score (nSPS) is 18.8. The van der Waals surface area contributed by atoms with Gasteiger partial charge in [0, 0.05) is 23.0 Å². The molecule has 1 fully saturated rings. The number of hydrogen-bond donors (Lipinski definition) is 1. The number of aryl methyl sites for hydroxylation is 1. The molecule has 0 spiro atoms. The molecular formula is C17H21BrN2O3. The lowest BCUT2D eigenvalue weighted by Gasteiger charge is -2.28. The molecule has 0 aliphatic heterocycles. The van der Waals surface area contributed by atoms with Crippen LogP contribution in [0.15, 0.2) is 27.8 Å². The largest absolute Gasteiger partial charge is 0.484 e. The number of hydrogen-bond acceptors (Lipinski definition) is 4. The van der Waals surface area contributed by atoms with Gasteiger partial charge in [0.1, 0.15) is 11.5 Å². The summed E-state index contributed by atoms with van der Waals surface area (Å²) in [6.45, 7) is 5.89. The van der Waals surface area contributed by atoms with Crippen LogP contribution in [-0.2, 0) is 9.59 Å². The van der Waals surface area contributed by atoms with E-state index in [1.807, 2.05) is 32.9 Å². The van der Waals surface area contributed by atoms with Crippen LogP contribution >= 0.6 is 15.9 Å². The summed E-state index contributed by atoms with van der Waals surface area (Å²) in [6, 6.07) is 5.52. The van der Waals surface area contributed by atoms with Gasteiger partial charge >= 0.3 is 0 Å². The maximum absolute atomic E-state index is 11.8. The van der Waals surface area contributed by atoms with Crippen molar-refractivity contribution in [1.29, 1.82) is 0 Å². The molecule has 1 N–H and O–H groups in total. The second-order valence-corrected chi connectivity index (χ2v) is 7.50. The van der Waals surface area contributed by atoms with Gasteiger partial charge in [-0.05, 0) is 42.5 Å². The van der Waals surface area contributed by atoms with Gasteiger partial charge in [-0.15, -0.1) is 0 Å². The molecule has 0 saturated heterocycles. The zero-order valence-electron chi connectivity index (χ0n) is 13.6. The van der Waals surface area contributed by atoms with Gasteiger partial charge in [0.15, 0.2) is 6.61 Å². The lowest BCUT2D eigenvalue weighted by Crippen LogP contribution is -2.32. The maximum Gasteiger partial charge on any atom is 0.277 e. The molecule has 0 bridgehead atoms. The molecule has 1 saturated carbocycles. The van der Waals surface area contributed by atoms with Crippen molar-refractivity contribution in [2.75, 3.05) is 6.61 Å². The monoisotopic (exact) mass is 380 g/mol.